The van der Waals surface area contributed by atoms with Crippen LogP contribution in [0.15, 0.2) is 18.2 Å². The van der Waals surface area contributed by atoms with Crippen LogP contribution >= 0.6 is 0 Å². The molecule has 0 radical (unpaired) electrons. The first-order chi connectivity index (χ1) is 9.04. The summed E-state index contributed by atoms with van der Waals surface area (Å²) in [7, 11) is 0. The van der Waals surface area contributed by atoms with E-state index in [-0.39, 0.29) is 5.82 Å². The second-order valence-corrected chi connectivity index (χ2v) is 6.35. The average Bonchev–Trinajstić information content (AvgIpc) is 2.66. The second-order valence-electron chi connectivity index (χ2n) is 6.35. The van der Waals surface area contributed by atoms with E-state index in [0.717, 1.165) is 42.3 Å². The first kappa shape index (κ1) is 12.6. The van der Waals surface area contributed by atoms with Gasteiger partial charge < -0.3 is 4.90 Å². The largest absolute Gasteiger partial charge is 0.349 e. The monoisotopic (exact) mass is 260 g/mol. The number of rotatable bonds is 1. The van der Waals surface area contributed by atoms with Crippen molar-refractivity contribution in [1.82, 2.24) is 4.90 Å². The number of halogens is 1. The third-order valence-corrected chi connectivity index (χ3v) is 4.55. The molecule has 102 valence electrons. The van der Waals surface area contributed by atoms with E-state index in [1.807, 2.05) is 6.07 Å². The highest BCUT2D eigenvalue weighted by Crippen LogP contribution is 2.35. The molecule has 1 aliphatic carbocycles. The Labute approximate surface area is 114 Å². The molecule has 1 heterocycles. The molecule has 0 bridgehead atoms. The molecule has 3 rings (SSSR count). The highest BCUT2D eigenvalue weighted by molar-refractivity contribution is 6.00. The molecule has 0 spiro atoms. The summed E-state index contributed by atoms with van der Waals surface area (Å²) in [6, 6.07) is 5.28. The Balaban J connectivity index is 1.83. The van der Waals surface area contributed by atoms with E-state index < -0.39 is 0 Å². The van der Waals surface area contributed by atoms with Crippen LogP contribution < -0.4 is 0 Å². The lowest BCUT2D eigenvalue weighted by atomic mass is 9.80. The van der Waals surface area contributed by atoms with Gasteiger partial charge >= 0.3 is 0 Å². The standard InChI is InChI=1S/C16H21FN2/c1-10-5-11(2)7-14(6-10)19-9-12-3-4-13(17)8-15(12)16(19)18/h3-4,8,10-11,14,18H,5-7,9H2,1-2H3. The van der Waals surface area contributed by atoms with Crippen molar-refractivity contribution in [1.29, 1.82) is 5.41 Å². The molecule has 2 aliphatic rings. The fourth-order valence-corrected chi connectivity index (χ4v) is 3.79. The lowest BCUT2D eigenvalue weighted by Gasteiger charge is -2.38. The van der Waals surface area contributed by atoms with Crippen LogP contribution in [-0.4, -0.2) is 16.8 Å². The third kappa shape index (κ3) is 2.26. The Bertz CT molecular complexity index is 501. The number of nitrogens with zero attached hydrogens (tertiary/aromatic N) is 1. The molecule has 1 aliphatic heterocycles. The van der Waals surface area contributed by atoms with Gasteiger partial charge in [-0.05, 0) is 48.8 Å². The van der Waals surface area contributed by atoms with Crippen LogP contribution in [0.2, 0.25) is 0 Å². The van der Waals surface area contributed by atoms with Gasteiger partial charge in [0.05, 0.1) is 0 Å². The van der Waals surface area contributed by atoms with E-state index in [4.69, 9.17) is 5.41 Å². The van der Waals surface area contributed by atoms with E-state index in [1.165, 1.54) is 18.6 Å². The van der Waals surface area contributed by atoms with Crippen LogP contribution in [0.4, 0.5) is 4.39 Å². The minimum Gasteiger partial charge on any atom is -0.349 e. The fraction of sp³-hybridized carbons (Fsp3) is 0.562. The SMILES string of the molecule is CC1CC(C)CC(N2Cc3ccc(F)cc3C2=N)C1. The summed E-state index contributed by atoms with van der Waals surface area (Å²) in [5, 5.41) is 8.31. The van der Waals surface area contributed by atoms with Gasteiger partial charge in [0.15, 0.2) is 0 Å². The second kappa shape index (κ2) is 4.62. The van der Waals surface area contributed by atoms with Crippen molar-refractivity contribution in [2.24, 2.45) is 11.8 Å². The van der Waals surface area contributed by atoms with Crippen LogP contribution in [-0.2, 0) is 6.54 Å². The number of benzene rings is 1. The lowest BCUT2D eigenvalue weighted by molar-refractivity contribution is 0.167. The minimum absolute atomic E-state index is 0.240. The quantitative estimate of drug-likeness (QED) is 0.817. The van der Waals surface area contributed by atoms with Gasteiger partial charge in [-0.2, -0.15) is 0 Å². The molecule has 0 aromatic heterocycles. The Morgan fingerprint density at radius 2 is 1.84 bits per heavy atom. The summed E-state index contributed by atoms with van der Waals surface area (Å²) >= 11 is 0. The summed E-state index contributed by atoms with van der Waals surface area (Å²) in [4.78, 5) is 2.18. The van der Waals surface area contributed by atoms with Crippen molar-refractivity contribution in [3.05, 3.63) is 35.1 Å². The molecule has 2 unspecified atom stereocenters. The van der Waals surface area contributed by atoms with Gasteiger partial charge in [-0.15, -0.1) is 0 Å². The molecule has 2 nitrogen and oxygen atoms in total. The molecule has 1 saturated carbocycles. The van der Waals surface area contributed by atoms with Crippen LogP contribution in [0.25, 0.3) is 0 Å². The van der Waals surface area contributed by atoms with Crippen molar-refractivity contribution in [2.45, 2.75) is 45.7 Å². The summed E-state index contributed by atoms with van der Waals surface area (Å²) in [5.41, 5.74) is 1.88. The summed E-state index contributed by atoms with van der Waals surface area (Å²) < 4.78 is 13.3. The zero-order chi connectivity index (χ0) is 13.6. The molecule has 0 amide bonds. The van der Waals surface area contributed by atoms with Gasteiger partial charge in [-0.1, -0.05) is 19.9 Å². The number of hydrogen-bond acceptors (Lipinski definition) is 1. The topological polar surface area (TPSA) is 27.1 Å². The maximum Gasteiger partial charge on any atom is 0.129 e. The Hall–Kier alpha value is -1.38. The van der Waals surface area contributed by atoms with Crippen LogP contribution in [0.1, 0.15) is 44.2 Å². The van der Waals surface area contributed by atoms with Gasteiger partial charge in [0, 0.05) is 18.2 Å². The molecule has 2 atom stereocenters. The molecule has 1 aromatic carbocycles. The molecule has 19 heavy (non-hydrogen) atoms. The Morgan fingerprint density at radius 1 is 1.16 bits per heavy atom. The average molecular weight is 260 g/mol. The summed E-state index contributed by atoms with van der Waals surface area (Å²) in [6.45, 7) is 5.38. The maximum absolute atomic E-state index is 13.3. The van der Waals surface area contributed by atoms with E-state index in [2.05, 4.69) is 18.7 Å². The van der Waals surface area contributed by atoms with Crippen LogP contribution in [0, 0.1) is 23.1 Å². The predicted octanol–water partition coefficient (Wildman–Crippen LogP) is 3.79. The minimum atomic E-state index is -0.240. The van der Waals surface area contributed by atoms with Gasteiger partial charge in [0.1, 0.15) is 11.7 Å². The lowest BCUT2D eigenvalue weighted by Crippen LogP contribution is -2.40. The van der Waals surface area contributed by atoms with Crippen LogP contribution in [0.5, 0.6) is 0 Å². The normalized spacial score (nSPS) is 30.6. The molecule has 1 fully saturated rings. The van der Waals surface area contributed by atoms with Crippen molar-refractivity contribution >= 4 is 5.84 Å². The van der Waals surface area contributed by atoms with E-state index in [9.17, 15) is 4.39 Å². The Kier molecular flexibility index (Phi) is 3.08. The molecular weight excluding hydrogens is 239 g/mol. The molecule has 1 N–H and O–H groups in total. The van der Waals surface area contributed by atoms with Gasteiger partial charge in [-0.3, -0.25) is 5.41 Å². The molecule has 3 heteroatoms. The van der Waals surface area contributed by atoms with Crippen molar-refractivity contribution in [2.75, 3.05) is 0 Å². The summed E-state index contributed by atoms with van der Waals surface area (Å²) in [5.74, 6) is 1.72. The summed E-state index contributed by atoms with van der Waals surface area (Å²) in [6.07, 6.45) is 3.60. The molecule has 1 aromatic rings. The van der Waals surface area contributed by atoms with Crippen LogP contribution in [0.3, 0.4) is 0 Å². The maximum atomic E-state index is 13.3. The Morgan fingerprint density at radius 3 is 2.53 bits per heavy atom. The fourth-order valence-electron chi connectivity index (χ4n) is 3.79. The van der Waals surface area contributed by atoms with Crippen molar-refractivity contribution in [3.8, 4) is 0 Å². The first-order valence-electron chi connectivity index (χ1n) is 7.18. The van der Waals surface area contributed by atoms with Gasteiger partial charge in [0.2, 0.25) is 0 Å². The molecule has 0 saturated heterocycles. The third-order valence-electron chi connectivity index (χ3n) is 4.55. The smallest absolute Gasteiger partial charge is 0.129 e. The number of hydrogen-bond donors (Lipinski definition) is 1. The highest BCUT2D eigenvalue weighted by Gasteiger charge is 2.34. The zero-order valence-electron chi connectivity index (χ0n) is 11.6. The number of nitrogens with one attached hydrogen (secondary N) is 1. The van der Waals surface area contributed by atoms with E-state index >= 15 is 0 Å². The van der Waals surface area contributed by atoms with Gasteiger partial charge in [0.25, 0.3) is 0 Å². The van der Waals surface area contributed by atoms with Gasteiger partial charge in [-0.25, -0.2) is 4.39 Å². The van der Waals surface area contributed by atoms with Crippen molar-refractivity contribution < 1.29 is 4.39 Å². The highest BCUT2D eigenvalue weighted by atomic mass is 19.1. The number of fused-ring (bicyclic) bond motifs is 1. The van der Waals surface area contributed by atoms with Crippen molar-refractivity contribution in [3.63, 3.8) is 0 Å². The zero-order valence-corrected chi connectivity index (χ0v) is 11.6. The first-order valence-corrected chi connectivity index (χ1v) is 7.18. The predicted molar refractivity (Wildman–Crippen MR) is 74.7 cm³/mol. The van der Waals surface area contributed by atoms with E-state index in [0.29, 0.717) is 11.9 Å². The number of amidine groups is 1. The van der Waals surface area contributed by atoms with E-state index in [1.54, 1.807) is 0 Å². The molecular formula is C16H21FN2.